The van der Waals surface area contributed by atoms with Gasteiger partial charge in [0, 0.05) is 43.4 Å². The number of pyridine rings is 1. The Kier molecular flexibility index (Phi) is 5.02. The number of nitrogens with one attached hydrogen (secondary N) is 1. The predicted octanol–water partition coefficient (Wildman–Crippen LogP) is 1.95. The highest BCUT2D eigenvalue weighted by Gasteiger charge is 2.19. The van der Waals surface area contributed by atoms with Crippen LogP contribution in [0.5, 0.6) is 0 Å². The molecule has 1 fully saturated rings. The number of aromatic nitrogens is 3. The zero-order valence-electron chi connectivity index (χ0n) is 13.4. The zero-order chi connectivity index (χ0) is 16.1. The minimum absolute atomic E-state index is 0.0514. The molecule has 0 aliphatic carbocycles. The summed E-state index contributed by atoms with van der Waals surface area (Å²) >= 11 is 0. The van der Waals surface area contributed by atoms with Crippen LogP contribution < -0.4 is 10.9 Å². The molecule has 1 atom stereocenters. The van der Waals surface area contributed by atoms with Crippen LogP contribution in [0.15, 0.2) is 35.4 Å². The van der Waals surface area contributed by atoms with Crippen molar-refractivity contribution in [3.05, 3.63) is 52.3 Å². The van der Waals surface area contributed by atoms with Gasteiger partial charge >= 0.3 is 0 Å². The first-order valence-electron chi connectivity index (χ1n) is 8.04. The Labute approximate surface area is 135 Å². The van der Waals surface area contributed by atoms with E-state index in [2.05, 4.69) is 15.3 Å². The summed E-state index contributed by atoms with van der Waals surface area (Å²) in [5.74, 6) is 1.21. The lowest BCUT2D eigenvalue weighted by Gasteiger charge is -2.11. The molecule has 1 aliphatic rings. The van der Waals surface area contributed by atoms with Gasteiger partial charge in [-0.2, -0.15) is 0 Å². The van der Waals surface area contributed by atoms with Gasteiger partial charge in [-0.1, -0.05) is 6.07 Å². The van der Waals surface area contributed by atoms with Crippen LogP contribution in [0, 0.1) is 6.92 Å². The Balaban J connectivity index is 1.53. The Morgan fingerprint density at radius 2 is 2.30 bits per heavy atom. The van der Waals surface area contributed by atoms with Crippen LogP contribution in [0.25, 0.3) is 0 Å². The van der Waals surface area contributed by atoms with Crippen LogP contribution in [0.4, 0.5) is 5.82 Å². The van der Waals surface area contributed by atoms with E-state index in [1.807, 2.05) is 19.1 Å². The van der Waals surface area contributed by atoms with Crippen LogP contribution >= 0.6 is 0 Å². The Bertz CT molecular complexity index is 708. The van der Waals surface area contributed by atoms with E-state index in [-0.39, 0.29) is 5.56 Å². The van der Waals surface area contributed by atoms with Gasteiger partial charge in [0.05, 0.1) is 12.3 Å². The second-order valence-corrected chi connectivity index (χ2v) is 5.83. The summed E-state index contributed by atoms with van der Waals surface area (Å²) in [5.41, 5.74) is 2.08. The molecule has 0 saturated carbocycles. The SMILES string of the molecule is Cc1cccc(=O)n1CCCNc1cc([C@@H]2CCOC2)ncn1. The summed E-state index contributed by atoms with van der Waals surface area (Å²) in [4.78, 5) is 20.4. The lowest BCUT2D eigenvalue weighted by molar-refractivity contribution is 0.193. The number of ether oxygens (including phenoxy) is 1. The van der Waals surface area contributed by atoms with Gasteiger partial charge in [-0.15, -0.1) is 0 Å². The minimum atomic E-state index is 0.0514. The molecule has 2 aromatic rings. The molecule has 3 heterocycles. The zero-order valence-corrected chi connectivity index (χ0v) is 13.4. The van der Waals surface area contributed by atoms with Crippen molar-refractivity contribution in [3.8, 4) is 0 Å². The maximum atomic E-state index is 11.8. The standard InChI is InChI=1S/C17H22N4O2/c1-13-4-2-5-17(22)21(13)8-3-7-18-16-10-15(19-12-20-16)14-6-9-23-11-14/h2,4-5,10,12,14H,3,6-9,11H2,1H3,(H,18,19,20)/t14-/m1/s1. The van der Waals surface area contributed by atoms with Gasteiger partial charge in [-0.05, 0) is 25.8 Å². The molecule has 3 rings (SSSR count). The number of nitrogens with zero attached hydrogens (tertiary/aromatic N) is 3. The molecule has 0 radical (unpaired) electrons. The van der Waals surface area contributed by atoms with Crippen LogP contribution in [0.2, 0.25) is 0 Å². The molecule has 0 aromatic carbocycles. The van der Waals surface area contributed by atoms with Crippen molar-refractivity contribution in [2.24, 2.45) is 0 Å². The van der Waals surface area contributed by atoms with E-state index in [0.29, 0.717) is 12.5 Å². The summed E-state index contributed by atoms with van der Waals surface area (Å²) in [6, 6.07) is 7.34. The number of anilines is 1. The van der Waals surface area contributed by atoms with Crippen molar-refractivity contribution in [2.75, 3.05) is 25.1 Å². The Morgan fingerprint density at radius 1 is 1.39 bits per heavy atom. The van der Waals surface area contributed by atoms with Gasteiger partial charge in [0.2, 0.25) is 0 Å². The molecule has 0 unspecified atom stereocenters. The van der Waals surface area contributed by atoms with Crippen LogP contribution in [-0.4, -0.2) is 34.3 Å². The normalized spacial score (nSPS) is 17.3. The van der Waals surface area contributed by atoms with Crippen molar-refractivity contribution in [2.45, 2.75) is 32.2 Å². The van der Waals surface area contributed by atoms with Gasteiger partial charge < -0.3 is 14.6 Å². The van der Waals surface area contributed by atoms with Gasteiger partial charge in [0.25, 0.3) is 5.56 Å². The molecule has 1 N–H and O–H groups in total. The van der Waals surface area contributed by atoms with Gasteiger partial charge in [-0.3, -0.25) is 4.79 Å². The maximum absolute atomic E-state index is 11.8. The van der Waals surface area contributed by atoms with Gasteiger partial charge in [0.15, 0.2) is 0 Å². The molecule has 0 bridgehead atoms. The first kappa shape index (κ1) is 15.7. The lowest BCUT2D eigenvalue weighted by atomic mass is 10.1. The second kappa shape index (κ2) is 7.37. The lowest BCUT2D eigenvalue weighted by Crippen LogP contribution is -2.22. The summed E-state index contributed by atoms with van der Waals surface area (Å²) in [7, 11) is 0. The number of rotatable bonds is 6. The Hall–Kier alpha value is -2.21. The third kappa shape index (κ3) is 3.96. The van der Waals surface area contributed by atoms with Crippen molar-refractivity contribution < 1.29 is 4.74 Å². The molecular formula is C17H22N4O2. The van der Waals surface area contributed by atoms with E-state index < -0.39 is 0 Å². The van der Waals surface area contributed by atoms with Crippen molar-refractivity contribution >= 4 is 5.82 Å². The molecule has 1 aliphatic heterocycles. The number of hydrogen-bond donors (Lipinski definition) is 1. The highest BCUT2D eigenvalue weighted by molar-refractivity contribution is 5.35. The topological polar surface area (TPSA) is 69.0 Å². The fourth-order valence-electron chi connectivity index (χ4n) is 2.82. The van der Waals surface area contributed by atoms with E-state index >= 15 is 0 Å². The molecular weight excluding hydrogens is 292 g/mol. The number of hydrogen-bond acceptors (Lipinski definition) is 5. The van der Waals surface area contributed by atoms with E-state index in [0.717, 1.165) is 49.8 Å². The second-order valence-electron chi connectivity index (χ2n) is 5.83. The molecule has 1 saturated heterocycles. The van der Waals surface area contributed by atoms with E-state index in [1.54, 1.807) is 23.0 Å². The largest absolute Gasteiger partial charge is 0.381 e. The predicted molar refractivity (Wildman–Crippen MR) is 88.8 cm³/mol. The number of aryl methyl sites for hydroxylation is 1. The van der Waals surface area contributed by atoms with E-state index in [1.165, 1.54) is 0 Å². The Morgan fingerprint density at radius 3 is 3.09 bits per heavy atom. The van der Waals surface area contributed by atoms with Crippen molar-refractivity contribution in [1.82, 2.24) is 14.5 Å². The third-order valence-corrected chi connectivity index (χ3v) is 4.17. The highest BCUT2D eigenvalue weighted by atomic mass is 16.5. The molecule has 6 nitrogen and oxygen atoms in total. The van der Waals surface area contributed by atoms with Gasteiger partial charge in [-0.25, -0.2) is 9.97 Å². The molecule has 122 valence electrons. The van der Waals surface area contributed by atoms with Crippen LogP contribution in [-0.2, 0) is 11.3 Å². The monoisotopic (exact) mass is 314 g/mol. The average Bonchev–Trinajstić information content (AvgIpc) is 3.08. The fourth-order valence-corrected chi connectivity index (χ4v) is 2.82. The quantitative estimate of drug-likeness (QED) is 0.825. The van der Waals surface area contributed by atoms with Crippen LogP contribution in [0.3, 0.4) is 0 Å². The van der Waals surface area contributed by atoms with Gasteiger partial charge in [0.1, 0.15) is 12.1 Å². The molecule has 2 aromatic heterocycles. The van der Waals surface area contributed by atoms with Crippen LogP contribution in [0.1, 0.15) is 30.1 Å². The van der Waals surface area contributed by atoms with Crippen molar-refractivity contribution in [1.29, 1.82) is 0 Å². The third-order valence-electron chi connectivity index (χ3n) is 4.17. The first-order chi connectivity index (χ1) is 11.2. The van der Waals surface area contributed by atoms with Crippen molar-refractivity contribution in [3.63, 3.8) is 0 Å². The summed E-state index contributed by atoms with van der Waals surface area (Å²) in [5, 5.41) is 3.31. The smallest absolute Gasteiger partial charge is 0.250 e. The minimum Gasteiger partial charge on any atom is -0.381 e. The average molecular weight is 314 g/mol. The summed E-state index contributed by atoms with van der Waals surface area (Å²) in [6.45, 7) is 4.97. The molecule has 0 amide bonds. The molecule has 0 spiro atoms. The highest BCUT2D eigenvalue weighted by Crippen LogP contribution is 2.24. The molecule has 23 heavy (non-hydrogen) atoms. The summed E-state index contributed by atoms with van der Waals surface area (Å²) in [6.07, 6.45) is 3.48. The fraction of sp³-hybridized carbons (Fsp3) is 0.471. The first-order valence-corrected chi connectivity index (χ1v) is 8.04. The maximum Gasteiger partial charge on any atom is 0.250 e. The van der Waals surface area contributed by atoms with E-state index in [9.17, 15) is 4.79 Å². The molecule has 6 heteroatoms. The van der Waals surface area contributed by atoms with E-state index in [4.69, 9.17) is 4.74 Å². The summed E-state index contributed by atoms with van der Waals surface area (Å²) < 4.78 is 7.20.